The van der Waals surface area contributed by atoms with Crippen LogP contribution in [0, 0.1) is 5.92 Å². The molecule has 0 N–H and O–H groups in total. The van der Waals surface area contributed by atoms with E-state index in [1.54, 1.807) is 0 Å². The van der Waals surface area contributed by atoms with Crippen molar-refractivity contribution in [1.29, 1.82) is 0 Å². The van der Waals surface area contributed by atoms with Gasteiger partial charge in [-0.3, -0.25) is 19.2 Å². The number of benzene rings is 1. The lowest BCUT2D eigenvalue weighted by molar-refractivity contribution is -0.126. The molecule has 1 fully saturated rings. The van der Waals surface area contributed by atoms with Crippen LogP contribution in [0.4, 0.5) is 0 Å². The first kappa shape index (κ1) is 34.8. The summed E-state index contributed by atoms with van der Waals surface area (Å²) >= 11 is 0. The van der Waals surface area contributed by atoms with Crippen LogP contribution in [-0.2, 0) is 38.0 Å². The lowest BCUT2D eigenvalue weighted by atomic mass is 9.79. The lowest BCUT2D eigenvalue weighted by Crippen LogP contribution is -2.41. The smallest absolute Gasteiger partial charge is 0.494 e. The molecule has 236 valence electrons. The van der Waals surface area contributed by atoms with Gasteiger partial charge in [0.2, 0.25) is 0 Å². The highest BCUT2D eigenvalue weighted by Crippen LogP contribution is 2.36. The molecule has 0 saturated carbocycles. The third-order valence-corrected chi connectivity index (χ3v) is 8.23. The van der Waals surface area contributed by atoms with Gasteiger partial charge >= 0.3 is 7.12 Å². The van der Waals surface area contributed by atoms with Crippen LogP contribution in [0.25, 0.3) is 0 Å². The molecule has 1 heterocycles. The third-order valence-electron chi connectivity index (χ3n) is 8.23. The second-order valence-electron chi connectivity index (χ2n) is 12.2. The van der Waals surface area contributed by atoms with Gasteiger partial charge < -0.3 is 23.5 Å². The Morgan fingerprint density at radius 2 is 1.28 bits per heavy atom. The van der Waals surface area contributed by atoms with Crippen LogP contribution in [-0.4, -0.2) is 74.5 Å². The molecule has 1 saturated heterocycles. The molecule has 1 aromatic carbocycles. The molecule has 0 radical (unpaired) electrons. The Hall–Kier alpha value is -2.66. The van der Waals surface area contributed by atoms with Crippen LogP contribution in [0.15, 0.2) is 36.4 Å². The Bertz CT molecular complexity index is 1080. The van der Waals surface area contributed by atoms with Crippen LogP contribution in [0.1, 0.15) is 85.5 Å². The number of unbranched alkanes of at least 4 members (excludes halogenated alkanes) is 2. The molecule has 10 heteroatoms. The van der Waals surface area contributed by atoms with Crippen molar-refractivity contribution in [2.45, 2.75) is 96.7 Å². The number of ketones is 4. The number of hydrogen-bond acceptors (Lipinski definition) is 9. The number of carbonyl (C=O) groups is 4. The summed E-state index contributed by atoms with van der Waals surface area (Å²) in [6.07, 6.45) is 7.59. The highest BCUT2D eigenvalue weighted by Gasteiger charge is 2.51. The first-order chi connectivity index (χ1) is 20.5. The predicted molar refractivity (Wildman–Crippen MR) is 164 cm³/mol. The lowest BCUT2D eigenvalue weighted by Gasteiger charge is -2.32. The van der Waals surface area contributed by atoms with Crippen molar-refractivity contribution >= 4 is 35.7 Å². The van der Waals surface area contributed by atoms with E-state index in [0.29, 0.717) is 58.7 Å². The van der Waals surface area contributed by atoms with Crippen molar-refractivity contribution < 1.29 is 42.7 Å². The van der Waals surface area contributed by atoms with Gasteiger partial charge in [-0.25, -0.2) is 0 Å². The quantitative estimate of drug-likeness (QED) is 0.116. The normalized spacial score (nSPS) is 17.6. The molecular formula is C33H47BO9. The molecule has 1 aromatic rings. The van der Waals surface area contributed by atoms with Crippen LogP contribution < -0.4 is 10.2 Å². The number of ether oxygens (including phenoxy) is 3. The Morgan fingerprint density at radius 1 is 0.698 bits per heavy atom. The van der Waals surface area contributed by atoms with E-state index in [2.05, 4.69) is 0 Å². The monoisotopic (exact) mass is 598 g/mol. The molecule has 0 bridgehead atoms. The number of Topliss-reactive ketones (excluding diaryl/α,β-unsaturated/α-hetero) is 2. The number of rotatable bonds is 21. The van der Waals surface area contributed by atoms with Gasteiger partial charge in [0.25, 0.3) is 0 Å². The fraction of sp³-hybridized carbons (Fsp3) is 0.636. The molecular weight excluding hydrogens is 551 g/mol. The van der Waals surface area contributed by atoms with Crippen molar-refractivity contribution in [3.8, 4) is 5.75 Å². The molecule has 0 aromatic heterocycles. The van der Waals surface area contributed by atoms with E-state index < -0.39 is 5.92 Å². The second-order valence-corrected chi connectivity index (χ2v) is 12.2. The minimum Gasteiger partial charge on any atom is -0.494 e. The molecule has 0 amide bonds. The zero-order valence-electron chi connectivity index (χ0n) is 26.2. The van der Waals surface area contributed by atoms with Crippen LogP contribution >= 0.6 is 0 Å². The summed E-state index contributed by atoms with van der Waals surface area (Å²) in [4.78, 5) is 47.1. The molecule has 1 aliphatic carbocycles. The summed E-state index contributed by atoms with van der Waals surface area (Å²) in [5, 5.41) is 0. The van der Waals surface area contributed by atoms with Gasteiger partial charge in [-0.1, -0.05) is 12.1 Å². The Labute approximate surface area is 256 Å². The zero-order valence-corrected chi connectivity index (χ0v) is 26.2. The van der Waals surface area contributed by atoms with E-state index in [1.165, 1.54) is 12.2 Å². The van der Waals surface area contributed by atoms with Gasteiger partial charge in [0.1, 0.15) is 17.3 Å². The maximum Gasteiger partial charge on any atom is 0.494 e. The van der Waals surface area contributed by atoms with Gasteiger partial charge in [-0.2, -0.15) is 0 Å². The maximum atomic E-state index is 12.1. The van der Waals surface area contributed by atoms with E-state index in [4.69, 9.17) is 23.5 Å². The topological polar surface area (TPSA) is 114 Å². The summed E-state index contributed by atoms with van der Waals surface area (Å²) in [5.74, 6) is -0.0616. The second kappa shape index (κ2) is 17.0. The largest absolute Gasteiger partial charge is 0.494 e. The van der Waals surface area contributed by atoms with E-state index >= 15 is 0 Å². The van der Waals surface area contributed by atoms with E-state index in [0.717, 1.165) is 30.5 Å². The van der Waals surface area contributed by atoms with E-state index in [1.807, 2.05) is 52.0 Å². The SMILES string of the molecule is CC1(C)OB(c2ccc(OCCCCCC(=O)CCOCCOCCCC(=O)CCC3C(=O)C=CC3=O)cc2)OC1(C)C. The highest BCUT2D eigenvalue weighted by atomic mass is 16.7. The number of hydrogen-bond donors (Lipinski definition) is 0. The minimum atomic E-state index is -0.672. The summed E-state index contributed by atoms with van der Waals surface area (Å²) < 4.78 is 29.0. The van der Waals surface area contributed by atoms with Gasteiger partial charge in [0.15, 0.2) is 11.6 Å². The first-order valence-electron chi connectivity index (χ1n) is 15.5. The average Bonchev–Trinajstić information content (AvgIpc) is 3.40. The minimum absolute atomic E-state index is 0.0305. The summed E-state index contributed by atoms with van der Waals surface area (Å²) in [5.41, 5.74) is 0.229. The maximum absolute atomic E-state index is 12.1. The predicted octanol–water partition coefficient (Wildman–Crippen LogP) is 4.37. The molecule has 9 nitrogen and oxygen atoms in total. The van der Waals surface area contributed by atoms with Crippen molar-refractivity contribution in [3.63, 3.8) is 0 Å². The van der Waals surface area contributed by atoms with E-state index in [9.17, 15) is 19.2 Å². The van der Waals surface area contributed by atoms with Gasteiger partial charge in [-0.15, -0.1) is 0 Å². The molecule has 1 aliphatic heterocycles. The van der Waals surface area contributed by atoms with Crippen LogP contribution in [0.5, 0.6) is 5.75 Å². The van der Waals surface area contributed by atoms with Crippen LogP contribution in [0.2, 0.25) is 0 Å². The van der Waals surface area contributed by atoms with E-state index in [-0.39, 0.29) is 54.3 Å². The molecule has 43 heavy (non-hydrogen) atoms. The molecule has 0 spiro atoms. The summed E-state index contributed by atoms with van der Waals surface area (Å²) in [7, 11) is -0.384. The Kier molecular flexibility index (Phi) is 13.8. The summed E-state index contributed by atoms with van der Waals surface area (Å²) in [6.45, 7) is 10.4. The van der Waals surface area contributed by atoms with Gasteiger partial charge in [0, 0.05) is 32.3 Å². The van der Waals surface area contributed by atoms with Crippen molar-refractivity contribution in [2.24, 2.45) is 5.92 Å². The molecule has 2 aliphatic rings. The van der Waals surface area contributed by atoms with Crippen molar-refractivity contribution in [2.75, 3.05) is 33.0 Å². The summed E-state index contributed by atoms with van der Waals surface area (Å²) in [6, 6.07) is 7.81. The average molecular weight is 599 g/mol. The highest BCUT2D eigenvalue weighted by molar-refractivity contribution is 6.62. The standard InChI is InChI=1S/C33H47BO9/c1-32(2)33(3,4)43-34(42-32)25-11-14-28(15-12-25)41-21-7-5-6-9-27(36)19-22-40-24-23-39-20-8-10-26(35)13-16-29-30(37)17-18-31(29)38/h11-12,14-15,17-18,29H,5-10,13,16,19-24H2,1-4H3. The van der Waals surface area contributed by atoms with Gasteiger partial charge in [-0.05, 0) is 89.5 Å². The molecule has 0 unspecified atom stereocenters. The molecule has 3 rings (SSSR count). The van der Waals surface area contributed by atoms with Gasteiger partial charge in [0.05, 0.1) is 43.5 Å². The number of carbonyl (C=O) groups excluding carboxylic acids is 4. The number of allylic oxidation sites excluding steroid dienone is 2. The Morgan fingerprint density at radius 3 is 1.93 bits per heavy atom. The fourth-order valence-corrected chi connectivity index (χ4v) is 4.75. The van der Waals surface area contributed by atoms with Crippen molar-refractivity contribution in [1.82, 2.24) is 0 Å². The third kappa shape index (κ3) is 11.4. The first-order valence-corrected chi connectivity index (χ1v) is 15.5. The van der Waals surface area contributed by atoms with Crippen LogP contribution in [0.3, 0.4) is 0 Å². The Balaban J connectivity index is 1.10. The van der Waals surface area contributed by atoms with Crippen molar-refractivity contribution in [3.05, 3.63) is 36.4 Å². The zero-order chi connectivity index (χ0) is 31.3. The fourth-order valence-electron chi connectivity index (χ4n) is 4.75. The molecule has 0 atom stereocenters.